The van der Waals surface area contributed by atoms with Crippen molar-refractivity contribution in [3.8, 4) is 22.3 Å². The minimum atomic E-state index is 1.25. The normalized spacial score (nSPS) is 13.7. The van der Waals surface area contributed by atoms with Crippen LogP contribution in [-0.2, 0) is 0 Å². The Morgan fingerprint density at radius 2 is 0.792 bits per heavy atom. The van der Waals surface area contributed by atoms with Gasteiger partial charge in [-0.05, 0) is 48.2 Å². The molecule has 0 saturated carbocycles. The Morgan fingerprint density at radius 1 is 0.417 bits per heavy atom. The van der Waals surface area contributed by atoms with Crippen LogP contribution in [0.1, 0.15) is 19.3 Å². The van der Waals surface area contributed by atoms with Crippen LogP contribution in [0.5, 0.6) is 0 Å². The van der Waals surface area contributed by atoms with Crippen LogP contribution in [0.15, 0.2) is 84.9 Å². The first kappa shape index (κ1) is 16.5. The summed E-state index contributed by atoms with van der Waals surface area (Å²) in [5.41, 5.74) is 5.04. The molecule has 4 rings (SSSR count). The zero-order valence-corrected chi connectivity index (χ0v) is 14.1. The zero-order chi connectivity index (χ0) is 16.5. The molecule has 1 heterocycles. The molecule has 1 heteroatoms. The third-order valence-corrected chi connectivity index (χ3v) is 4.31. The SMILES string of the molecule is C1CCNCC1.c1ccc(-c2ccc(-c3ccccc3)cc2)cc1. The lowest BCUT2D eigenvalue weighted by Crippen LogP contribution is -2.21. The van der Waals surface area contributed by atoms with Crippen LogP contribution in [0.2, 0.25) is 0 Å². The summed E-state index contributed by atoms with van der Waals surface area (Å²) in [6, 6.07) is 29.6. The van der Waals surface area contributed by atoms with Gasteiger partial charge in [0, 0.05) is 0 Å². The highest BCUT2D eigenvalue weighted by atomic mass is 14.9. The number of benzene rings is 3. The van der Waals surface area contributed by atoms with Gasteiger partial charge in [0.25, 0.3) is 0 Å². The summed E-state index contributed by atoms with van der Waals surface area (Å²) in [6.45, 7) is 2.50. The Hall–Kier alpha value is -2.38. The maximum Gasteiger partial charge on any atom is -0.00489 e. The molecule has 0 unspecified atom stereocenters. The Balaban J connectivity index is 0.000000238. The predicted molar refractivity (Wildman–Crippen MR) is 104 cm³/mol. The van der Waals surface area contributed by atoms with Crippen molar-refractivity contribution in [1.29, 1.82) is 0 Å². The second-order valence-corrected chi connectivity index (χ2v) is 6.12. The molecule has 24 heavy (non-hydrogen) atoms. The second kappa shape index (κ2) is 9.05. The molecule has 1 aliphatic rings. The van der Waals surface area contributed by atoms with Crippen molar-refractivity contribution in [2.24, 2.45) is 0 Å². The van der Waals surface area contributed by atoms with Crippen LogP contribution >= 0.6 is 0 Å². The van der Waals surface area contributed by atoms with Gasteiger partial charge in [0.15, 0.2) is 0 Å². The van der Waals surface area contributed by atoms with E-state index in [1.165, 1.54) is 54.6 Å². The molecule has 0 spiro atoms. The molecule has 0 aromatic heterocycles. The quantitative estimate of drug-likeness (QED) is 0.632. The maximum atomic E-state index is 3.28. The van der Waals surface area contributed by atoms with Crippen molar-refractivity contribution in [1.82, 2.24) is 5.32 Å². The van der Waals surface area contributed by atoms with Crippen molar-refractivity contribution < 1.29 is 0 Å². The van der Waals surface area contributed by atoms with Gasteiger partial charge in [-0.15, -0.1) is 0 Å². The molecule has 0 radical (unpaired) electrons. The molecule has 1 aliphatic heterocycles. The van der Waals surface area contributed by atoms with E-state index in [2.05, 4.69) is 78.1 Å². The minimum Gasteiger partial charge on any atom is -0.317 e. The summed E-state index contributed by atoms with van der Waals surface area (Å²) >= 11 is 0. The van der Waals surface area contributed by atoms with Gasteiger partial charge in [-0.2, -0.15) is 0 Å². The Morgan fingerprint density at radius 3 is 1.08 bits per heavy atom. The van der Waals surface area contributed by atoms with Crippen LogP contribution in [-0.4, -0.2) is 13.1 Å². The summed E-state index contributed by atoms with van der Waals surface area (Å²) in [7, 11) is 0. The molecule has 3 aromatic carbocycles. The average molecular weight is 315 g/mol. The minimum absolute atomic E-state index is 1.25. The number of hydrogen-bond donors (Lipinski definition) is 1. The molecule has 0 amide bonds. The highest BCUT2D eigenvalue weighted by molar-refractivity contribution is 5.70. The van der Waals surface area contributed by atoms with E-state index >= 15 is 0 Å². The monoisotopic (exact) mass is 315 g/mol. The Kier molecular flexibility index (Phi) is 6.21. The topological polar surface area (TPSA) is 12.0 Å². The molecular weight excluding hydrogens is 290 g/mol. The van der Waals surface area contributed by atoms with E-state index in [-0.39, 0.29) is 0 Å². The molecule has 0 atom stereocenters. The van der Waals surface area contributed by atoms with Crippen molar-refractivity contribution in [3.05, 3.63) is 84.9 Å². The lowest BCUT2D eigenvalue weighted by atomic mass is 10.0. The van der Waals surface area contributed by atoms with E-state index in [4.69, 9.17) is 0 Å². The molecule has 122 valence electrons. The smallest absolute Gasteiger partial charge is 0.00489 e. The van der Waals surface area contributed by atoms with Crippen LogP contribution in [0.4, 0.5) is 0 Å². The lowest BCUT2D eigenvalue weighted by molar-refractivity contribution is 0.520. The highest BCUT2D eigenvalue weighted by Crippen LogP contribution is 2.24. The largest absolute Gasteiger partial charge is 0.317 e. The van der Waals surface area contributed by atoms with E-state index in [1.807, 2.05) is 12.1 Å². The van der Waals surface area contributed by atoms with Gasteiger partial charge >= 0.3 is 0 Å². The molecule has 1 N–H and O–H groups in total. The van der Waals surface area contributed by atoms with E-state index in [0.717, 1.165) is 0 Å². The van der Waals surface area contributed by atoms with Gasteiger partial charge < -0.3 is 5.32 Å². The lowest BCUT2D eigenvalue weighted by Gasteiger charge is -2.08. The van der Waals surface area contributed by atoms with Crippen LogP contribution in [0, 0.1) is 0 Å². The standard InChI is InChI=1S/C18H14.C5H11N/c1-3-7-15(8-4-1)17-11-13-18(14-12-17)16-9-5-2-6-10-16;1-2-4-6-5-3-1/h1-14H;6H,1-5H2. The maximum absolute atomic E-state index is 3.28. The third-order valence-electron chi connectivity index (χ3n) is 4.31. The van der Waals surface area contributed by atoms with Crippen LogP contribution in [0.25, 0.3) is 22.3 Å². The van der Waals surface area contributed by atoms with Gasteiger partial charge in [-0.3, -0.25) is 0 Å². The molecular formula is C23H25N. The van der Waals surface area contributed by atoms with Gasteiger partial charge in [-0.1, -0.05) is 91.3 Å². The predicted octanol–water partition coefficient (Wildman–Crippen LogP) is 5.78. The summed E-state index contributed by atoms with van der Waals surface area (Å²) in [5, 5.41) is 3.28. The van der Waals surface area contributed by atoms with E-state index in [1.54, 1.807) is 0 Å². The van der Waals surface area contributed by atoms with E-state index < -0.39 is 0 Å². The third kappa shape index (κ3) is 4.81. The second-order valence-electron chi connectivity index (χ2n) is 6.12. The van der Waals surface area contributed by atoms with Gasteiger partial charge in [0.05, 0.1) is 0 Å². The summed E-state index contributed by atoms with van der Waals surface area (Å²) in [4.78, 5) is 0. The van der Waals surface area contributed by atoms with Gasteiger partial charge in [-0.25, -0.2) is 0 Å². The first-order chi connectivity index (χ1) is 11.9. The molecule has 0 bridgehead atoms. The number of nitrogens with one attached hydrogen (secondary N) is 1. The van der Waals surface area contributed by atoms with Crippen molar-refractivity contribution >= 4 is 0 Å². The first-order valence-corrected chi connectivity index (χ1v) is 8.85. The zero-order valence-electron chi connectivity index (χ0n) is 14.1. The highest BCUT2D eigenvalue weighted by Gasteiger charge is 1.99. The fourth-order valence-corrected chi connectivity index (χ4v) is 2.92. The average Bonchev–Trinajstić information content (AvgIpc) is 2.71. The van der Waals surface area contributed by atoms with Crippen LogP contribution in [0.3, 0.4) is 0 Å². The summed E-state index contributed by atoms with van der Waals surface area (Å²) in [5.74, 6) is 0. The Bertz CT molecular complexity index is 628. The first-order valence-electron chi connectivity index (χ1n) is 8.85. The van der Waals surface area contributed by atoms with E-state index in [9.17, 15) is 0 Å². The molecule has 1 fully saturated rings. The van der Waals surface area contributed by atoms with Crippen molar-refractivity contribution in [3.63, 3.8) is 0 Å². The fraction of sp³-hybridized carbons (Fsp3) is 0.217. The van der Waals surface area contributed by atoms with Gasteiger partial charge in [0.2, 0.25) is 0 Å². The fourth-order valence-electron chi connectivity index (χ4n) is 2.92. The Labute approximate surface area is 145 Å². The van der Waals surface area contributed by atoms with E-state index in [0.29, 0.717) is 0 Å². The number of rotatable bonds is 2. The molecule has 0 aliphatic carbocycles. The van der Waals surface area contributed by atoms with Crippen molar-refractivity contribution in [2.45, 2.75) is 19.3 Å². The number of hydrogen-bond acceptors (Lipinski definition) is 1. The molecule has 3 aromatic rings. The summed E-state index contributed by atoms with van der Waals surface area (Å²) < 4.78 is 0. The van der Waals surface area contributed by atoms with Crippen LogP contribution < -0.4 is 5.32 Å². The molecule has 1 nitrogen and oxygen atoms in total. The van der Waals surface area contributed by atoms with Crippen molar-refractivity contribution in [2.75, 3.05) is 13.1 Å². The number of piperidine rings is 1. The summed E-state index contributed by atoms with van der Waals surface area (Å²) in [6.07, 6.45) is 4.22. The van der Waals surface area contributed by atoms with Gasteiger partial charge in [0.1, 0.15) is 0 Å². The molecule has 1 saturated heterocycles.